The van der Waals surface area contributed by atoms with Gasteiger partial charge in [-0.05, 0) is 62.9 Å². The maximum absolute atomic E-state index is 13.8. The number of carbonyl (C=O) groups is 2. The highest BCUT2D eigenvalue weighted by molar-refractivity contribution is 7.91. The van der Waals surface area contributed by atoms with Gasteiger partial charge in [0.05, 0.1) is 34.1 Å². The average Bonchev–Trinajstić information content (AvgIpc) is 3.68. The molecule has 6 rings (SSSR count). The number of hydrogen-bond donors (Lipinski definition) is 1. The van der Waals surface area contributed by atoms with E-state index in [-0.39, 0.29) is 17.0 Å². The molecule has 0 atom stereocenters. The van der Waals surface area contributed by atoms with Crippen molar-refractivity contribution in [2.24, 2.45) is 5.73 Å². The van der Waals surface area contributed by atoms with Crippen LogP contribution in [0.3, 0.4) is 0 Å². The zero-order valence-corrected chi connectivity index (χ0v) is 22.0. The van der Waals surface area contributed by atoms with Crippen molar-refractivity contribution in [1.82, 2.24) is 14.0 Å². The van der Waals surface area contributed by atoms with E-state index in [1.807, 2.05) is 6.07 Å². The van der Waals surface area contributed by atoms with Crippen molar-refractivity contribution >= 4 is 43.6 Å². The monoisotopic (exact) mass is 536 g/mol. The van der Waals surface area contributed by atoms with Crippen LogP contribution in [0, 0.1) is 13.8 Å². The lowest BCUT2D eigenvalue weighted by Crippen LogP contribution is -2.33. The van der Waals surface area contributed by atoms with Crippen LogP contribution in [0.4, 0.5) is 0 Å². The zero-order valence-electron chi connectivity index (χ0n) is 21.2. The molecule has 2 amide bonds. The molecular formula is C27H28N4O6S. The van der Waals surface area contributed by atoms with Crippen LogP contribution < -0.4 is 5.73 Å². The van der Waals surface area contributed by atoms with Crippen LogP contribution >= 0.6 is 0 Å². The minimum absolute atomic E-state index is 0.0791. The number of fused-ring (bicyclic) bond motifs is 3. The van der Waals surface area contributed by atoms with E-state index in [1.54, 1.807) is 43.0 Å². The minimum Gasteiger partial charge on any atom is -0.380 e. The molecule has 2 aliphatic rings. The lowest BCUT2D eigenvalue weighted by Gasteiger charge is -2.19. The summed E-state index contributed by atoms with van der Waals surface area (Å²) in [5.41, 5.74) is 8.87. The molecule has 198 valence electrons. The van der Waals surface area contributed by atoms with Gasteiger partial charge in [0.2, 0.25) is 10.0 Å². The second-order valence-electron chi connectivity index (χ2n) is 9.98. The smallest absolute Gasteiger partial charge is 0.254 e. The third kappa shape index (κ3) is 3.88. The molecule has 0 radical (unpaired) electrons. The zero-order chi connectivity index (χ0) is 26.8. The summed E-state index contributed by atoms with van der Waals surface area (Å²) < 4.78 is 39.6. The quantitative estimate of drug-likeness (QED) is 0.413. The molecule has 2 aromatic heterocycles. The Hall–Kier alpha value is -3.70. The number of hydrogen-bond acceptors (Lipinski definition) is 7. The van der Waals surface area contributed by atoms with E-state index in [0.29, 0.717) is 78.0 Å². The Balaban J connectivity index is 1.65. The number of benzene rings is 2. The van der Waals surface area contributed by atoms with Gasteiger partial charge in [-0.2, -0.15) is 0 Å². The Kier molecular flexibility index (Phi) is 5.80. The number of aromatic nitrogens is 2. The first-order chi connectivity index (χ1) is 18.2. The van der Waals surface area contributed by atoms with Crippen molar-refractivity contribution in [1.29, 1.82) is 0 Å². The summed E-state index contributed by atoms with van der Waals surface area (Å²) in [6.45, 7) is 5.65. The fraction of sp³-hybridized carbons (Fsp3) is 0.370. The minimum atomic E-state index is -3.85. The van der Waals surface area contributed by atoms with Crippen molar-refractivity contribution in [2.75, 3.05) is 26.3 Å². The van der Waals surface area contributed by atoms with Gasteiger partial charge in [0, 0.05) is 41.6 Å². The van der Waals surface area contributed by atoms with Crippen LogP contribution in [0.5, 0.6) is 0 Å². The summed E-state index contributed by atoms with van der Waals surface area (Å²) in [4.78, 5) is 27.9. The standard InChI is InChI=1S/C27H28N4O6S/c1-15-24(16(2)37-29-15)18-12-21-20-7-4-17(27(33)30-8-3-10-36-11-9-30)14-23(20)31(38(34,35)19-5-6-19)25(21)22(13-18)26(28)32/h4,7,12-14,19H,3,5-6,8-11H2,1-2H3,(H2,28,32). The third-order valence-corrected chi connectivity index (χ3v) is 9.57. The molecule has 38 heavy (non-hydrogen) atoms. The number of rotatable bonds is 5. The summed E-state index contributed by atoms with van der Waals surface area (Å²) in [5.74, 6) is -0.370. The second kappa shape index (κ2) is 8.95. The van der Waals surface area contributed by atoms with Crippen molar-refractivity contribution < 1.29 is 27.3 Å². The molecule has 2 fully saturated rings. The summed E-state index contributed by atoms with van der Waals surface area (Å²) in [5, 5.41) is 4.64. The molecule has 1 aliphatic heterocycles. The van der Waals surface area contributed by atoms with E-state index in [2.05, 4.69) is 5.16 Å². The predicted molar refractivity (Wildman–Crippen MR) is 142 cm³/mol. The number of primary amides is 1. The molecule has 0 spiro atoms. The number of ether oxygens (including phenoxy) is 1. The molecule has 1 saturated heterocycles. The van der Waals surface area contributed by atoms with E-state index < -0.39 is 21.2 Å². The van der Waals surface area contributed by atoms with Gasteiger partial charge >= 0.3 is 0 Å². The Morgan fingerprint density at radius 3 is 2.53 bits per heavy atom. The Labute approximate surface area is 219 Å². The van der Waals surface area contributed by atoms with E-state index in [4.69, 9.17) is 15.0 Å². The molecule has 3 heterocycles. The number of aryl methyl sites for hydroxylation is 2. The third-order valence-electron chi connectivity index (χ3n) is 7.36. The fourth-order valence-electron chi connectivity index (χ4n) is 5.38. The largest absolute Gasteiger partial charge is 0.380 e. The first-order valence-electron chi connectivity index (χ1n) is 12.6. The predicted octanol–water partition coefficient (Wildman–Crippen LogP) is 3.37. The van der Waals surface area contributed by atoms with Crippen molar-refractivity contribution in [3.63, 3.8) is 0 Å². The first kappa shape index (κ1) is 24.6. The van der Waals surface area contributed by atoms with Crippen molar-refractivity contribution in [2.45, 2.75) is 38.4 Å². The topological polar surface area (TPSA) is 138 Å². The first-order valence-corrected chi connectivity index (χ1v) is 14.2. The highest BCUT2D eigenvalue weighted by atomic mass is 32.2. The van der Waals surface area contributed by atoms with Crippen LogP contribution in [0.2, 0.25) is 0 Å². The molecule has 4 aromatic rings. The molecular weight excluding hydrogens is 508 g/mol. The van der Waals surface area contributed by atoms with E-state index in [0.717, 1.165) is 12.0 Å². The molecule has 0 bridgehead atoms. The fourth-order valence-corrected chi connectivity index (χ4v) is 7.28. The van der Waals surface area contributed by atoms with Crippen molar-refractivity contribution in [3.05, 3.63) is 52.9 Å². The van der Waals surface area contributed by atoms with Gasteiger partial charge in [-0.1, -0.05) is 11.2 Å². The molecule has 1 aliphatic carbocycles. The van der Waals surface area contributed by atoms with Crippen LogP contribution in [-0.2, 0) is 14.8 Å². The van der Waals surface area contributed by atoms with Gasteiger partial charge in [0.25, 0.3) is 11.8 Å². The lowest BCUT2D eigenvalue weighted by atomic mass is 9.97. The van der Waals surface area contributed by atoms with Gasteiger partial charge in [-0.3, -0.25) is 9.59 Å². The number of carbonyl (C=O) groups excluding carboxylic acids is 2. The van der Waals surface area contributed by atoms with Gasteiger partial charge in [-0.15, -0.1) is 0 Å². The van der Waals surface area contributed by atoms with Gasteiger partial charge in [-0.25, -0.2) is 12.4 Å². The van der Waals surface area contributed by atoms with Gasteiger partial charge in [0.1, 0.15) is 5.76 Å². The van der Waals surface area contributed by atoms with Gasteiger partial charge < -0.3 is 19.9 Å². The molecule has 1 saturated carbocycles. The van der Waals surface area contributed by atoms with E-state index >= 15 is 0 Å². The molecule has 2 N–H and O–H groups in total. The lowest BCUT2D eigenvalue weighted by molar-refractivity contribution is 0.0741. The Bertz CT molecular complexity index is 1700. The second-order valence-corrected chi connectivity index (χ2v) is 12.0. The molecule has 2 aromatic carbocycles. The normalized spacial score (nSPS) is 16.7. The highest BCUT2D eigenvalue weighted by Crippen LogP contribution is 2.41. The van der Waals surface area contributed by atoms with Crippen molar-refractivity contribution in [3.8, 4) is 11.1 Å². The summed E-state index contributed by atoms with van der Waals surface area (Å²) in [6.07, 6.45) is 1.81. The number of nitrogens with two attached hydrogens (primary N) is 1. The summed E-state index contributed by atoms with van der Waals surface area (Å²) in [7, 11) is -3.85. The van der Waals surface area contributed by atoms with E-state index in [1.165, 1.54) is 3.97 Å². The molecule has 10 nitrogen and oxygen atoms in total. The van der Waals surface area contributed by atoms with Gasteiger partial charge in [0.15, 0.2) is 0 Å². The average molecular weight is 537 g/mol. The van der Waals surface area contributed by atoms with E-state index in [9.17, 15) is 18.0 Å². The summed E-state index contributed by atoms with van der Waals surface area (Å²) >= 11 is 0. The molecule has 11 heteroatoms. The van der Waals surface area contributed by atoms with Crippen LogP contribution in [0.1, 0.15) is 51.4 Å². The maximum Gasteiger partial charge on any atom is 0.254 e. The van der Waals surface area contributed by atoms with Crippen LogP contribution in [-0.4, -0.2) is 65.8 Å². The van der Waals surface area contributed by atoms with Crippen LogP contribution in [0.25, 0.3) is 32.9 Å². The number of amides is 2. The number of nitrogens with zero attached hydrogens (tertiary/aromatic N) is 3. The molecule has 0 unspecified atom stereocenters. The maximum atomic E-state index is 13.8. The van der Waals surface area contributed by atoms with Crippen LogP contribution in [0.15, 0.2) is 34.9 Å². The summed E-state index contributed by atoms with van der Waals surface area (Å²) in [6, 6.07) is 8.50. The SMILES string of the molecule is Cc1noc(C)c1-c1cc(C(N)=O)c2c(c1)c1ccc(C(=O)N3CCCOCC3)cc1n2S(=O)(=O)C1CC1. The highest BCUT2D eigenvalue weighted by Gasteiger charge is 2.40. The Morgan fingerprint density at radius 2 is 1.84 bits per heavy atom. The Morgan fingerprint density at radius 1 is 1.05 bits per heavy atom.